The van der Waals surface area contributed by atoms with E-state index in [1.54, 1.807) is 0 Å². The first kappa shape index (κ1) is 34.6. The van der Waals surface area contributed by atoms with E-state index in [9.17, 15) is 9.59 Å². The fraction of sp³-hybridized carbons (Fsp3) is 0.622. The van der Waals surface area contributed by atoms with Crippen molar-refractivity contribution in [1.29, 1.82) is 0 Å². The maximum absolute atomic E-state index is 12.3. The second-order valence-electron chi connectivity index (χ2n) is 15.9. The molecule has 4 nitrogen and oxygen atoms in total. The van der Waals surface area contributed by atoms with Gasteiger partial charge in [0.05, 0.1) is 0 Å². The Morgan fingerprint density at radius 2 is 1.32 bits per heavy atom. The quantitative estimate of drug-likeness (QED) is 0.347. The number of carbonyl (C=O) groups is 2. The average Bonchev–Trinajstić information content (AvgIpc) is 3.08. The third-order valence-electron chi connectivity index (χ3n) is 8.27. The number of nitrogens with one attached hydrogen (secondary N) is 1. The first-order valence-electron chi connectivity index (χ1n) is 15.0. The highest BCUT2D eigenvalue weighted by Gasteiger charge is 2.31. The van der Waals surface area contributed by atoms with Gasteiger partial charge in [0, 0.05) is 54.3 Å². The van der Waals surface area contributed by atoms with E-state index in [4.69, 9.17) is 0 Å². The van der Waals surface area contributed by atoms with Gasteiger partial charge >= 0.3 is 0 Å². The molecule has 1 unspecified atom stereocenters. The fourth-order valence-corrected chi connectivity index (χ4v) is 5.48. The minimum Gasteiger partial charge on any atom is -0.381 e. The predicted molar refractivity (Wildman–Crippen MR) is 178 cm³/mol. The molecule has 1 N–H and O–H groups in total. The van der Waals surface area contributed by atoms with E-state index in [0.717, 1.165) is 24.2 Å². The maximum Gasteiger partial charge on any atom is 0.165 e. The Balaban J connectivity index is 0.000000280. The van der Waals surface area contributed by atoms with Crippen LogP contribution in [0.3, 0.4) is 0 Å². The Morgan fingerprint density at radius 3 is 1.85 bits per heavy atom. The maximum atomic E-state index is 12.3. The van der Waals surface area contributed by atoms with E-state index < -0.39 is 0 Å². The molecule has 0 spiro atoms. The summed E-state index contributed by atoms with van der Waals surface area (Å²) in [4.78, 5) is 26.7. The van der Waals surface area contributed by atoms with E-state index in [1.807, 2.05) is 6.07 Å². The zero-order valence-corrected chi connectivity index (χ0v) is 27.3. The molecule has 41 heavy (non-hydrogen) atoms. The van der Waals surface area contributed by atoms with Gasteiger partial charge in [-0.2, -0.15) is 0 Å². The van der Waals surface area contributed by atoms with Crippen molar-refractivity contribution in [3.63, 3.8) is 0 Å². The molecule has 0 bridgehead atoms. The number of nitrogens with zero attached hydrogens (tertiary/aromatic N) is 1. The number of rotatable bonds is 0. The van der Waals surface area contributed by atoms with Crippen molar-refractivity contribution in [1.82, 2.24) is 0 Å². The molecule has 2 aliphatic heterocycles. The first-order chi connectivity index (χ1) is 18.2. The summed E-state index contributed by atoms with van der Waals surface area (Å²) >= 11 is 0. The Bertz CT molecular complexity index is 1230. The van der Waals surface area contributed by atoms with Crippen molar-refractivity contribution in [2.45, 2.75) is 139 Å². The number of benzene rings is 2. The third kappa shape index (κ3) is 8.69. The van der Waals surface area contributed by atoms with E-state index >= 15 is 0 Å². The summed E-state index contributed by atoms with van der Waals surface area (Å²) in [7, 11) is 0. The van der Waals surface area contributed by atoms with E-state index in [0.29, 0.717) is 31.1 Å². The minimum atomic E-state index is 0. The summed E-state index contributed by atoms with van der Waals surface area (Å²) in [6, 6.07) is 13.2. The number of anilines is 2. The van der Waals surface area contributed by atoms with Gasteiger partial charge in [-0.3, -0.25) is 9.59 Å². The van der Waals surface area contributed by atoms with Gasteiger partial charge in [-0.1, -0.05) is 87.9 Å². The number of Topliss-reactive ketones (excluding diaryl/α,β-unsaturated/α-hetero) is 2. The number of carbonyl (C=O) groups excluding carboxylic acids is 2. The zero-order valence-electron chi connectivity index (χ0n) is 27.3. The summed E-state index contributed by atoms with van der Waals surface area (Å²) < 4.78 is 0. The molecule has 0 saturated heterocycles. The second-order valence-corrected chi connectivity index (χ2v) is 15.9. The van der Waals surface area contributed by atoms with Crippen LogP contribution in [0.25, 0.3) is 0 Å². The summed E-state index contributed by atoms with van der Waals surface area (Å²) in [5.41, 5.74) is 7.31. The molecule has 4 rings (SSSR count). The van der Waals surface area contributed by atoms with Gasteiger partial charge in [0.15, 0.2) is 5.78 Å². The number of fused-ring (bicyclic) bond motifs is 2. The van der Waals surface area contributed by atoms with Crippen LogP contribution >= 0.6 is 0 Å². The van der Waals surface area contributed by atoms with Crippen molar-refractivity contribution in [3.8, 4) is 0 Å². The molecule has 0 fully saturated rings. The summed E-state index contributed by atoms with van der Waals surface area (Å²) in [5.74, 6) is 0.612. The molecule has 2 heterocycles. The smallest absolute Gasteiger partial charge is 0.165 e. The topological polar surface area (TPSA) is 49.4 Å². The van der Waals surface area contributed by atoms with Crippen LogP contribution in [0.5, 0.6) is 0 Å². The predicted octanol–water partition coefficient (Wildman–Crippen LogP) is 9.53. The summed E-state index contributed by atoms with van der Waals surface area (Å²) in [5, 5.41) is 3.62. The summed E-state index contributed by atoms with van der Waals surface area (Å²) in [6.45, 7) is 27.5. The van der Waals surface area contributed by atoms with E-state index in [-0.39, 0.29) is 35.0 Å². The van der Waals surface area contributed by atoms with Gasteiger partial charge in [0.2, 0.25) is 0 Å². The Hall–Kier alpha value is -2.62. The molecule has 0 radical (unpaired) electrons. The minimum absolute atomic E-state index is 0. The molecule has 2 aromatic rings. The van der Waals surface area contributed by atoms with Crippen LogP contribution in [0.15, 0.2) is 36.4 Å². The lowest BCUT2D eigenvalue weighted by Gasteiger charge is -2.38. The second kappa shape index (κ2) is 12.3. The average molecular weight is 563 g/mol. The monoisotopic (exact) mass is 562 g/mol. The van der Waals surface area contributed by atoms with E-state index in [1.165, 1.54) is 22.4 Å². The molecule has 0 aliphatic carbocycles. The lowest BCUT2D eigenvalue weighted by Crippen LogP contribution is -2.42. The highest BCUT2D eigenvalue weighted by Crippen LogP contribution is 2.36. The van der Waals surface area contributed by atoms with Crippen LogP contribution in [0.2, 0.25) is 0 Å². The van der Waals surface area contributed by atoms with Gasteiger partial charge in [0.25, 0.3) is 0 Å². The first-order valence-corrected chi connectivity index (χ1v) is 15.0. The van der Waals surface area contributed by atoms with Crippen molar-refractivity contribution < 1.29 is 9.59 Å². The van der Waals surface area contributed by atoms with Gasteiger partial charge in [-0.15, -0.1) is 0 Å². The normalized spacial score (nSPS) is 18.0. The SMILES string of the molecule is C.CC(C)(C)c1ccc2c(c1)N(C(C)(C)C)CCC(=O)C2.CC(C)(C)c1ccc2c(c1)NC(C(C)(C)C)CCC2=O. The molecular formula is C37H58N2O2. The van der Waals surface area contributed by atoms with Crippen LogP contribution in [0, 0.1) is 5.41 Å². The lowest BCUT2D eigenvalue weighted by atomic mass is 9.84. The molecule has 0 aromatic heterocycles. The molecule has 1 atom stereocenters. The van der Waals surface area contributed by atoms with Gasteiger partial charge in [-0.05, 0) is 78.3 Å². The molecule has 4 heteroatoms. The van der Waals surface area contributed by atoms with Gasteiger partial charge in [0.1, 0.15) is 5.78 Å². The Morgan fingerprint density at radius 1 is 0.756 bits per heavy atom. The summed E-state index contributed by atoms with van der Waals surface area (Å²) in [6.07, 6.45) is 2.77. The van der Waals surface area contributed by atoms with Crippen LogP contribution in [0.4, 0.5) is 11.4 Å². The number of ketones is 2. The number of hydrogen-bond donors (Lipinski definition) is 1. The van der Waals surface area contributed by atoms with Crippen molar-refractivity contribution in [2.75, 3.05) is 16.8 Å². The van der Waals surface area contributed by atoms with Gasteiger partial charge in [-0.25, -0.2) is 0 Å². The van der Waals surface area contributed by atoms with Crippen molar-refractivity contribution in [2.24, 2.45) is 5.41 Å². The molecule has 0 saturated carbocycles. The van der Waals surface area contributed by atoms with E-state index in [2.05, 4.69) is 124 Å². The van der Waals surface area contributed by atoms with Crippen LogP contribution in [-0.4, -0.2) is 29.7 Å². The third-order valence-corrected chi connectivity index (χ3v) is 8.27. The largest absolute Gasteiger partial charge is 0.381 e. The fourth-order valence-electron chi connectivity index (χ4n) is 5.48. The molecule has 0 amide bonds. The van der Waals surface area contributed by atoms with Crippen molar-refractivity contribution in [3.05, 3.63) is 58.7 Å². The standard InChI is InChI=1S/2C18H27NO.CH4/c1-17(2,3)14-8-7-13-11-15(20)9-10-19(16(13)12-14)18(4,5)6;1-17(2,3)12-7-8-13-14(11-12)19-16(18(4,5)6)10-9-15(13)20;/h7-8,12H,9-11H2,1-6H3;7-8,11,16,19H,9-10H2,1-6H3;1H4. The number of hydrogen-bond acceptors (Lipinski definition) is 4. The van der Waals surface area contributed by atoms with Crippen molar-refractivity contribution >= 4 is 22.9 Å². The lowest BCUT2D eigenvalue weighted by molar-refractivity contribution is -0.118. The Kier molecular flexibility index (Phi) is 10.4. The molecule has 2 aliphatic rings. The highest BCUT2D eigenvalue weighted by atomic mass is 16.1. The zero-order chi connectivity index (χ0) is 30.3. The molecular weight excluding hydrogens is 504 g/mol. The Labute approximate surface area is 251 Å². The van der Waals surface area contributed by atoms with Gasteiger partial charge < -0.3 is 10.2 Å². The molecule has 228 valence electrons. The van der Waals surface area contributed by atoms with Crippen LogP contribution in [-0.2, 0) is 22.0 Å². The highest BCUT2D eigenvalue weighted by molar-refractivity contribution is 6.02. The van der Waals surface area contributed by atoms with Crippen LogP contribution < -0.4 is 10.2 Å². The molecule has 2 aromatic carbocycles. The van der Waals surface area contributed by atoms with Crippen LogP contribution in [0.1, 0.15) is 137 Å².